The zero-order valence-electron chi connectivity index (χ0n) is 9.88. The third-order valence-electron chi connectivity index (χ3n) is 2.64. The molecule has 0 spiro atoms. The van der Waals surface area contributed by atoms with E-state index in [2.05, 4.69) is 10.2 Å². The summed E-state index contributed by atoms with van der Waals surface area (Å²) in [5.41, 5.74) is 1.35. The van der Waals surface area contributed by atoms with Crippen LogP contribution in [0.25, 0.3) is 0 Å². The molecule has 1 aromatic heterocycles. The standard InChI is InChI=1S/C13H13FN2O2/c1-18-13-3-2-9(6-11(13)14)7-12(17)10-4-5-15-16-8-10/h2-6,8,12,17H,7H2,1H3. The molecular formula is C13H13FN2O2. The Morgan fingerprint density at radius 1 is 1.33 bits per heavy atom. The van der Waals surface area contributed by atoms with E-state index in [1.54, 1.807) is 18.2 Å². The van der Waals surface area contributed by atoms with Crippen LogP contribution >= 0.6 is 0 Å². The number of aromatic nitrogens is 2. The molecule has 2 aromatic rings. The van der Waals surface area contributed by atoms with Crippen molar-refractivity contribution in [2.75, 3.05) is 7.11 Å². The second kappa shape index (κ2) is 5.55. The number of rotatable bonds is 4. The number of nitrogens with zero attached hydrogens (tertiary/aromatic N) is 2. The molecule has 1 N–H and O–H groups in total. The Labute approximate surface area is 104 Å². The molecular weight excluding hydrogens is 235 g/mol. The van der Waals surface area contributed by atoms with Gasteiger partial charge < -0.3 is 9.84 Å². The molecule has 0 saturated heterocycles. The van der Waals surface area contributed by atoms with Gasteiger partial charge in [0.1, 0.15) is 0 Å². The average Bonchev–Trinajstić information content (AvgIpc) is 2.40. The lowest BCUT2D eigenvalue weighted by Crippen LogP contribution is -2.03. The van der Waals surface area contributed by atoms with Crippen molar-refractivity contribution < 1.29 is 14.2 Å². The Hall–Kier alpha value is -2.01. The van der Waals surface area contributed by atoms with E-state index < -0.39 is 11.9 Å². The fourth-order valence-corrected chi connectivity index (χ4v) is 1.68. The third-order valence-corrected chi connectivity index (χ3v) is 2.64. The quantitative estimate of drug-likeness (QED) is 0.897. The number of hydrogen-bond acceptors (Lipinski definition) is 4. The zero-order valence-corrected chi connectivity index (χ0v) is 9.88. The SMILES string of the molecule is COc1ccc(CC(O)c2ccnnc2)cc1F. The van der Waals surface area contributed by atoms with Crippen LogP contribution in [0.3, 0.4) is 0 Å². The summed E-state index contributed by atoms with van der Waals surface area (Å²) in [6, 6.07) is 6.30. The van der Waals surface area contributed by atoms with E-state index in [1.165, 1.54) is 25.6 Å². The molecule has 0 radical (unpaired) electrons. The number of ether oxygens (including phenoxy) is 1. The van der Waals surface area contributed by atoms with Crippen LogP contribution in [0.15, 0.2) is 36.7 Å². The number of methoxy groups -OCH3 is 1. The van der Waals surface area contributed by atoms with Crippen molar-refractivity contribution in [3.8, 4) is 5.75 Å². The lowest BCUT2D eigenvalue weighted by Gasteiger charge is -2.11. The first-order valence-electron chi connectivity index (χ1n) is 5.48. The number of halogens is 1. The molecule has 1 aromatic carbocycles. The number of aliphatic hydroxyl groups excluding tert-OH is 1. The second-order valence-corrected chi connectivity index (χ2v) is 3.86. The van der Waals surface area contributed by atoms with Crippen LogP contribution in [-0.2, 0) is 6.42 Å². The summed E-state index contributed by atoms with van der Waals surface area (Å²) in [4.78, 5) is 0. The Balaban J connectivity index is 2.12. The molecule has 0 amide bonds. The normalized spacial score (nSPS) is 12.2. The highest BCUT2D eigenvalue weighted by atomic mass is 19.1. The minimum absolute atomic E-state index is 0.193. The van der Waals surface area contributed by atoms with Crippen molar-refractivity contribution in [3.05, 3.63) is 53.6 Å². The predicted octanol–water partition coefficient (Wildman–Crippen LogP) is 1.90. The minimum atomic E-state index is -0.728. The smallest absolute Gasteiger partial charge is 0.165 e. The zero-order chi connectivity index (χ0) is 13.0. The first-order valence-corrected chi connectivity index (χ1v) is 5.48. The van der Waals surface area contributed by atoms with Crippen molar-refractivity contribution in [2.24, 2.45) is 0 Å². The summed E-state index contributed by atoms with van der Waals surface area (Å²) in [5, 5.41) is 17.3. The van der Waals surface area contributed by atoms with Gasteiger partial charge in [-0.15, -0.1) is 0 Å². The van der Waals surface area contributed by atoms with Gasteiger partial charge in [0.25, 0.3) is 0 Å². The van der Waals surface area contributed by atoms with E-state index in [0.717, 1.165) is 0 Å². The summed E-state index contributed by atoms with van der Waals surface area (Å²) in [6.07, 6.45) is 2.58. The second-order valence-electron chi connectivity index (χ2n) is 3.86. The van der Waals surface area contributed by atoms with Crippen molar-refractivity contribution >= 4 is 0 Å². The molecule has 2 rings (SSSR count). The Kier molecular flexibility index (Phi) is 3.84. The first-order chi connectivity index (χ1) is 8.70. The van der Waals surface area contributed by atoms with Gasteiger partial charge in [0.15, 0.2) is 11.6 Å². The Bertz CT molecular complexity index is 520. The highest BCUT2D eigenvalue weighted by Gasteiger charge is 2.11. The molecule has 94 valence electrons. The van der Waals surface area contributed by atoms with Crippen LogP contribution in [0.5, 0.6) is 5.75 Å². The van der Waals surface area contributed by atoms with E-state index >= 15 is 0 Å². The molecule has 1 heterocycles. The fraction of sp³-hybridized carbons (Fsp3) is 0.231. The van der Waals surface area contributed by atoms with Gasteiger partial charge in [-0.2, -0.15) is 10.2 Å². The van der Waals surface area contributed by atoms with Gasteiger partial charge >= 0.3 is 0 Å². The van der Waals surface area contributed by atoms with Crippen LogP contribution in [0.4, 0.5) is 4.39 Å². The highest BCUT2D eigenvalue weighted by Crippen LogP contribution is 2.22. The van der Waals surface area contributed by atoms with E-state index in [-0.39, 0.29) is 5.75 Å². The van der Waals surface area contributed by atoms with Gasteiger partial charge in [-0.25, -0.2) is 4.39 Å². The largest absolute Gasteiger partial charge is 0.494 e. The van der Waals surface area contributed by atoms with E-state index in [4.69, 9.17) is 4.74 Å². The number of hydrogen-bond donors (Lipinski definition) is 1. The number of aliphatic hydroxyl groups is 1. The maximum absolute atomic E-state index is 13.5. The number of benzene rings is 1. The average molecular weight is 248 g/mol. The lowest BCUT2D eigenvalue weighted by atomic mass is 10.0. The molecule has 1 atom stereocenters. The maximum atomic E-state index is 13.5. The summed E-state index contributed by atoms with van der Waals surface area (Å²) in [5.74, 6) is -0.242. The van der Waals surface area contributed by atoms with Gasteiger partial charge in [-0.3, -0.25) is 0 Å². The van der Waals surface area contributed by atoms with E-state index in [0.29, 0.717) is 17.5 Å². The first kappa shape index (κ1) is 12.4. The van der Waals surface area contributed by atoms with Crippen LogP contribution in [-0.4, -0.2) is 22.4 Å². The molecule has 5 heteroatoms. The molecule has 0 fully saturated rings. The van der Waals surface area contributed by atoms with Crippen LogP contribution in [0.2, 0.25) is 0 Å². The van der Waals surface area contributed by atoms with Gasteiger partial charge in [0.05, 0.1) is 19.4 Å². The summed E-state index contributed by atoms with van der Waals surface area (Å²) in [6.45, 7) is 0. The predicted molar refractivity (Wildman–Crippen MR) is 63.6 cm³/mol. The van der Waals surface area contributed by atoms with Crippen molar-refractivity contribution in [2.45, 2.75) is 12.5 Å². The van der Waals surface area contributed by atoms with Crippen LogP contribution in [0, 0.1) is 5.82 Å². The molecule has 0 aliphatic heterocycles. The topological polar surface area (TPSA) is 55.2 Å². The fourth-order valence-electron chi connectivity index (χ4n) is 1.68. The summed E-state index contributed by atoms with van der Waals surface area (Å²) in [7, 11) is 1.41. The van der Waals surface area contributed by atoms with E-state index in [1.807, 2.05) is 0 Å². The highest BCUT2D eigenvalue weighted by molar-refractivity contribution is 5.30. The van der Waals surface area contributed by atoms with Gasteiger partial charge in [0, 0.05) is 18.2 Å². The molecule has 0 aliphatic rings. The maximum Gasteiger partial charge on any atom is 0.165 e. The molecule has 1 unspecified atom stereocenters. The minimum Gasteiger partial charge on any atom is -0.494 e. The third kappa shape index (κ3) is 2.81. The monoisotopic (exact) mass is 248 g/mol. The summed E-state index contributed by atoms with van der Waals surface area (Å²) < 4.78 is 18.3. The molecule has 0 bridgehead atoms. The van der Waals surface area contributed by atoms with Gasteiger partial charge in [-0.1, -0.05) is 6.07 Å². The van der Waals surface area contributed by atoms with Gasteiger partial charge in [-0.05, 0) is 23.8 Å². The summed E-state index contributed by atoms with van der Waals surface area (Å²) >= 11 is 0. The van der Waals surface area contributed by atoms with E-state index in [9.17, 15) is 9.50 Å². The lowest BCUT2D eigenvalue weighted by molar-refractivity contribution is 0.177. The molecule has 0 aliphatic carbocycles. The molecule has 4 nitrogen and oxygen atoms in total. The molecule has 18 heavy (non-hydrogen) atoms. The van der Waals surface area contributed by atoms with Crippen LogP contribution in [0.1, 0.15) is 17.2 Å². The van der Waals surface area contributed by atoms with Gasteiger partial charge in [0.2, 0.25) is 0 Å². The Morgan fingerprint density at radius 3 is 2.78 bits per heavy atom. The molecule has 0 saturated carbocycles. The van der Waals surface area contributed by atoms with Crippen molar-refractivity contribution in [1.29, 1.82) is 0 Å². The Morgan fingerprint density at radius 2 is 2.17 bits per heavy atom. The van der Waals surface area contributed by atoms with Crippen molar-refractivity contribution in [3.63, 3.8) is 0 Å². The van der Waals surface area contributed by atoms with Crippen molar-refractivity contribution in [1.82, 2.24) is 10.2 Å². The van der Waals surface area contributed by atoms with Crippen LogP contribution < -0.4 is 4.74 Å².